The maximum atomic E-state index is 4.32. The van der Waals surface area contributed by atoms with Gasteiger partial charge in [-0.15, -0.1) is 11.3 Å². The normalized spacial score (nSPS) is 10.7. The van der Waals surface area contributed by atoms with Crippen LogP contribution < -0.4 is 0 Å². The first kappa shape index (κ1) is 7.49. The van der Waals surface area contributed by atoms with E-state index >= 15 is 0 Å². The summed E-state index contributed by atoms with van der Waals surface area (Å²) in [6.45, 7) is 2.07. The van der Waals surface area contributed by atoms with E-state index < -0.39 is 0 Å². The summed E-state index contributed by atoms with van der Waals surface area (Å²) in [5.74, 6) is 0. The van der Waals surface area contributed by atoms with E-state index in [0.717, 1.165) is 4.83 Å². The van der Waals surface area contributed by atoms with Crippen molar-refractivity contribution < 1.29 is 0 Å². The largest absolute Gasteiger partial charge is 0.245 e. The molecule has 0 radical (unpaired) electrons. The van der Waals surface area contributed by atoms with Crippen LogP contribution in [0.5, 0.6) is 0 Å². The third-order valence-electron chi connectivity index (χ3n) is 1.48. The number of pyridine rings is 1. The number of halogens is 1. The Bertz CT molecular complexity index is 394. The summed E-state index contributed by atoms with van der Waals surface area (Å²) in [5, 5.41) is 1.26. The number of hydrogen-bond donors (Lipinski definition) is 0. The minimum Gasteiger partial charge on any atom is -0.245 e. The van der Waals surface area contributed by atoms with Crippen molar-refractivity contribution in [3.63, 3.8) is 0 Å². The van der Waals surface area contributed by atoms with Crippen molar-refractivity contribution in [3.8, 4) is 0 Å². The minimum absolute atomic E-state index is 1.14. The minimum atomic E-state index is 1.14. The van der Waals surface area contributed by atoms with E-state index in [1.807, 2.05) is 6.20 Å². The molecule has 0 bridgehead atoms. The lowest BCUT2D eigenvalue weighted by atomic mass is 10.3. The average Bonchev–Trinajstić information content (AvgIpc) is 2.27. The van der Waals surface area contributed by atoms with E-state index in [-0.39, 0.29) is 0 Å². The van der Waals surface area contributed by atoms with Gasteiger partial charge >= 0.3 is 0 Å². The first-order valence-electron chi connectivity index (χ1n) is 3.27. The summed E-state index contributed by atoms with van der Waals surface area (Å²) in [6.07, 6.45) is 1.91. The molecule has 0 aliphatic carbocycles. The molecule has 2 aromatic heterocycles. The second-order valence-electron chi connectivity index (χ2n) is 2.46. The van der Waals surface area contributed by atoms with E-state index in [9.17, 15) is 0 Å². The molecule has 2 aromatic rings. The molecular formula is C8H6INS. The van der Waals surface area contributed by atoms with Gasteiger partial charge in [0.1, 0.15) is 4.83 Å². The average molecular weight is 275 g/mol. The Hall–Kier alpha value is -0.160. The van der Waals surface area contributed by atoms with Crippen LogP contribution in [-0.4, -0.2) is 4.98 Å². The Morgan fingerprint density at radius 3 is 3.09 bits per heavy atom. The molecule has 1 nitrogen and oxygen atoms in total. The molecule has 0 saturated heterocycles. The Labute approximate surface area is 82.6 Å². The third-order valence-corrected chi connectivity index (χ3v) is 3.30. The van der Waals surface area contributed by atoms with Gasteiger partial charge in [0.25, 0.3) is 0 Å². The molecule has 0 unspecified atom stereocenters. The summed E-state index contributed by atoms with van der Waals surface area (Å²) in [4.78, 5) is 5.45. The highest BCUT2D eigenvalue weighted by Gasteiger charge is 1.98. The molecule has 0 N–H and O–H groups in total. The standard InChI is InChI=1S/C8H6INS/c1-5-2-6-3-7(9)11-8(6)10-4-5/h2-4H,1H3. The van der Waals surface area contributed by atoms with E-state index in [1.54, 1.807) is 11.3 Å². The monoisotopic (exact) mass is 275 g/mol. The number of fused-ring (bicyclic) bond motifs is 1. The van der Waals surface area contributed by atoms with Crippen LogP contribution in [-0.2, 0) is 0 Å². The molecule has 0 saturated carbocycles. The van der Waals surface area contributed by atoms with Gasteiger partial charge in [0.15, 0.2) is 0 Å². The van der Waals surface area contributed by atoms with E-state index in [1.165, 1.54) is 13.8 Å². The fourth-order valence-corrected chi connectivity index (χ4v) is 2.68. The molecule has 0 aliphatic heterocycles. The number of aromatic nitrogens is 1. The summed E-state index contributed by atoms with van der Waals surface area (Å²) < 4.78 is 1.30. The fraction of sp³-hybridized carbons (Fsp3) is 0.125. The first-order chi connectivity index (χ1) is 5.25. The third kappa shape index (κ3) is 1.39. The molecule has 0 spiro atoms. The van der Waals surface area contributed by atoms with Crippen LogP contribution in [0.1, 0.15) is 5.56 Å². The van der Waals surface area contributed by atoms with Gasteiger partial charge in [0, 0.05) is 11.6 Å². The zero-order valence-electron chi connectivity index (χ0n) is 5.97. The van der Waals surface area contributed by atoms with Crippen molar-refractivity contribution in [1.29, 1.82) is 0 Å². The molecule has 0 amide bonds. The van der Waals surface area contributed by atoms with Gasteiger partial charge in [0.2, 0.25) is 0 Å². The number of rotatable bonds is 0. The molecule has 11 heavy (non-hydrogen) atoms. The van der Waals surface area contributed by atoms with E-state index in [2.05, 4.69) is 46.6 Å². The van der Waals surface area contributed by atoms with Crippen LogP contribution in [0.15, 0.2) is 18.3 Å². The highest BCUT2D eigenvalue weighted by Crippen LogP contribution is 2.24. The first-order valence-corrected chi connectivity index (χ1v) is 5.17. The summed E-state index contributed by atoms with van der Waals surface area (Å²) in [5.41, 5.74) is 1.23. The quantitative estimate of drug-likeness (QED) is 0.673. The van der Waals surface area contributed by atoms with Crippen molar-refractivity contribution in [2.24, 2.45) is 0 Å². The number of nitrogens with zero attached hydrogens (tertiary/aromatic N) is 1. The van der Waals surface area contributed by atoms with Crippen LogP contribution in [0.4, 0.5) is 0 Å². The Morgan fingerprint density at radius 2 is 2.27 bits per heavy atom. The molecule has 0 aliphatic rings. The molecule has 0 fully saturated rings. The molecular weight excluding hydrogens is 269 g/mol. The second-order valence-corrected chi connectivity index (χ2v) is 5.38. The number of aryl methyl sites for hydroxylation is 1. The van der Waals surface area contributed by atoms with Gasteiger partial charge in [-0.2, -0.15) is 0 Å². The molecule has 2 heterocycles. The highest BCUT2D eigenvalue weighted by atomic mass is 127. The van der Waals surface area contributed by atoms with Crippen molar-refractivity contribution in [1.82, 2.24) is 4.98 Å². The van der Waals surface area contributed by atoms with E-state index in [0.29, 0.717) is 0 Å². The lowest BCUT2D eigenvalue weighted by molar-refractivity contribution is 1.35. The number of thiophene rings is 1. The number of hydrogen-bond acceptors (Lipinski definition) is 2. The lowest BCUT2D eigenvalue weighted by Gasteiger charge is -1.89. The van der Waals surface area contributed by atoms with Crippen molar-refractivity contribution in [3.05, 3.63) is 26.8 Å². The summed E-state index contributed by atoms with van der Waals surface area (Å²) >= 11 is 4.06. The fourth-order valence-electron chi connectivity index (χ4n) is 1.01. The molecule has 3 heteroatoms. The van der Waals surface area contributed by atoms with Crippen LogP contribution in [0.2, 0.25) is 0 Å². The van der Waals surface area contributed by atoms with Crippen LogP contribution >= 0.6 is 33.9 Å². The maximum absolute atomic E-state index is 4.32. The summed E-state index contributed by atoms with van der Waals surface area (Å²) in [6, 6.07) is 4.33. The van der Waals surface area contributed by atoms with Gasteiger partial charge in [0.05, 0.1) is 2.88 Å². The predicted molar refractivity (Wildman–Crippen MR) is 57.1 cm³/mol. The maximum Gasteiger partial charge on any atom is 0.124 e. The van der Waals surface area contributed by atoms with Crippen molar-refractivity contribution in [2.75, 3.05) is 0 Å². The van der Waals surface area contributed by atoms with Gasteiger partial charge in [-0.1, -0.05) is 0 Å². The Kier molecular flexibility index (Phi) is 1.85. The highest BCUT2D eigenvalue weighted by molar-refractivity contribution is 14.1. The lowest BCUT2D eigenvalue weighted by Crippen LogP contribution is -1.73. The smallest absolute Gasteiger partial charge is 0.124 e. The zero-order valence-corrected chi connectivity index (χ0v) is 8.94. The summed E-state index contributed by atoms with van der Waals surface area (Å²) in [7, 11) is 0. The van der Waals surface area contributed by atoms with E-state index in [4.69, 9.17) is 0 Å². The molecule has 0 aromatic carbocycles. The molecule has 2 rings (SSSR count). The van der Waals surface area contributed by atoms with Crippen molar-refractivity contribution in [2.45, 2.75) is 6.92 Å². The molecule has 0 atom stereocenters. The van der Waals surface area contributed by atoms with Gasteiger partial charge in [-0.05, 0) is 47.2 Å². The topological polar surface area (TPSA) is 12.9 Å². The van der Waals surface area contributed by atoms with Crippen LogP contribution in [0.3, 0.4) is 0 Å². The predicted octanol–water partition coefficient (Wildman–Crippen LogP) is 3.21. The van der Waals surface area contributed by atoms with Crippen LogP contribution in [0, 0.1) is 9.81 Å². The second kappa shape index (κ2) is 2.71. The molecule has 56 valence electrons. The van der Waals surface area contributed by atoms with Crippen molar-refractivity contribution >= 4 is 44.1 Å². The van der Waals surface area contributed by atoms with Gasteiger partial charge in [-0.25, -0.2) is 4.98 Å². The Morgan fingerprint density at radius 1 is 1.45 bits per heavy atom. The van der Waals surface area contributed by atoms with Gasteiger partial charge < -0.3 is 0 Å². The van der Waals surface area contributed by atoms with Crippen LogP contribution in [0.25, 0.3) is 10.2 Å². The zero-order chi connectivity index (χ0) is 7.84. The van der Waals surface area contributed by atoms with Gasteiger partial charge in [-0.3, -0.25) is 0 Å². The Balaban J connectivity index is 2.82. The SMILES string of the molecule is Cc1cnc2sc(I)cc2c1.